The molecule has 0 unspecified atom stereocenters. The summed E-state index contributed by atoms with van der Waals surface area (Å²) in [5.74, 6) is -1.51. The number of carbonyl (C=O) groups is 2. The molecule has 98 valence electrons. The van der Waals surface area contributed by atoms with Crippen LogP contribution in [0.4, 0.5) is 0 Å². The molecule has 0 fully saturated rings. The average Bonchev–Trinajstić information content (AvgIpc) is 2.43. The molecule has 0 radical (unpaired) electrons. The van der Waals surface area contributed by atoms with Crippen molar-refractivity contribution < 1.29 is 14.7 Å². The lowest BCUT2D eigenvalue weighted by Crippen LogP contribution is -2.40. The van der Waals surface area contributed by atoms with Gasteiger partial charge in [0.15, 0.2) is 0 Å². The van der Waals surface area contributed by atoms with Gasteiger partial charge in [-0.1, -0.05) is 13.0 Å². The number of nitrogens with one attached hydrogen (secondary N) is 1. The molecule has 0 saturated heterocycles. The SMILES string of the molecule is CC[C@H](NC(=O)c1cccc2nccnc12)C(=O)O. The van der Waals surface area contributed by atoms with E-state index in [-0.39, 0.29) is 0 Å². The van der Waals surface area contributed by atoms with Gasteiger partial charge in [-0.05, 0) is 18.6 Å². The normalized spacial score (nSPS) is 12.1. The summed E-state index contributed by atoms with van der Waals surface area (Å²) in [6.45, 7) is 1.70. The van der Waals surface area contributed by atoms with Crippen molar-refractivity contribution in [3.05, 3.63) is 36.2 Å². The highest BCUT2D eigenvalue weighted by Crippen LogP contribution is 2.13. The molecule has 1 heterocycles. The van der Waals surface area contributed by atoms with E-state index in [0.717, 1.165) is 0 Å². The van der Waals surface area contributed by atoms with E-state index >= 15 is 0 Å². The number of benzene rings is 1. The summed E-state index contributed by atoms with van der Waals surface area (Å²) in [4.78, 5) is 31.2. The van der Waals surface area contributed by atoms with Crippen molar-refractivity contribution in [2.75, 3.05) is 0 Å². The van der Waals surface area contributed by atoms with Gasteiger partial charge in [-0.25, -0.2) is 4.79 Å². The highest BCUT2D eigenvalue weighted by Gasteiger charge is 2.20. The number of fused-ring (bicyclic) bond motifs is 1. The van der Waals surface area contributed by atoms with Crippen molar-refractivity contribution in [2.24, 2.45) is 0 Å². The van der Waals surface area contributed by atoms with Gasteiger partial charge in [0.1, 0.15) is 11.6 Å². The topological polar surface area (TPSA) is 92.2 Å². The minimum absolute atomic E-state index is 0.317. The third-order valence-electron chi connectivity index (χ3n) is 2.75. The minimum Gasteiger partial charge on any atom is -0.480 e. The quantitative estimate of drug-likeness (QED) is 0.861. The number of carboxylic acids is 1. The molecule has 6 nitrogen and oxygen atoms in total. The van der Waals surface area contributed by atoms with E-state index in [9.17, 15) is 9.59 Å². The first-order valence-corrected chi connectivity index (χ1v) is 5.87. The summed E-state index contributed by atoms with van der Waals surface area (Å²) >= 11 is 0. The zero-order valence-corrected chi connectivity index (χ0v) is 10.3. The lowest BCUT2D eigenvalue weighted by Gasteiger charge is -2.12. The first kappa shape index (κ1) is 12.9. The van der Waals surface area contributed by atoms with Crippen molar-refractivity contribution in [1.82, 2.24) is 15.3 Å². The van der Waals surface area contributed by atoms with Gasteiger partial charge in [0.2, 0.25) is 0 Å². The second-order valence-electron chi connectivity index (χ2n) is 4.00. The molecule has 1 aromatic carbocycles. The van der Waals surface area contributed by atoms with E-state index in [1.807, 2.05) is 0 Å². The third-order valence-corrected chi connectivity index (χ3v) is 2.75. The van der Waals surface area contributed by atoms with Crippen molar-refractivity contribution in [3.8, 4) is 0 Å². The summed E-state index contributed by atoms with van der Waals surface area (Å²) in [5, 5.41) is 11.4. The summed E-state index contributed by atoms with van der Waals surface area (Å²) in [7, 11) is 0. The largest absolute Gasteiger partial charge is 0.480 e. The minimum atomic E-state index is -1.05. The lowest BCUT2D eigenvalue weighted by atomic mass is 10.1. The van der Waals surface area contributed by atoms with Gasteiger partial charge in [-0.2, -0.15) is 0 Å². The van der Waals surface area contributed by atoms with Crippen LogP contribution < -0.4 is 5.32 Å². The van der Waals surface area contributed by atoms with Gasteiger partial charge in [-0.3, -0.25) is 14.8 Å². The van der Waals surface area contributed by atoms with Crippen LogP contribution in [0.25, 0.3) is 11.0 Å². The Labute approximate surface area is 109 Å². The fourth-order valence-electron chi connectivity index (χ4n) is 1.75. The Hall–Kier alpha value is -2.50. The lowest BCUT2D eigenvalue weighted by molar-refractivity contribution is -0.139. The number of carboxylic acid groups (broad SMARTS) is 1. The fraction of sp³-hybridized carbons (Fsp3) is 0.231. The Morgan fingerprint density at radius 2 is 2.05 bits per heavy atom. The van der Waals surface area contributed by atoms with Crippen molar-refractivity contribution in [1.29, 1.82) is 0 Å². The van der Waals surface area contributed by atoms with E-state index < -0.39 is 17.9 Å². The van der Waals surface area contributed by atoms with E-state index in [1.54, 1.807) is 25.1 Å². The number of rotatable bonds is 4. The van der Waals surface area contributed by atoms with Crippen LogP contribution in [0.5, 0.6) is 0 Å². The molecular weight excluding hydrogens is 246 g/mol. The summed E-state index contributed by atoms with van der Waals surface area (Å²) < 4.78 is 0. The van der Waals surface area contributed by atoms with E-state index in [2.05, 4.69) is 15.3 Å². The van der Waals surface area contributed by atoms with Crippen LogP contribution in [0.1, 0.15) is 23.7 Å². The molecule has 2 N–H and O–H groups in total. The number of amides is 1. The van der Waals surface area contributed by atoms with Crippen molar-refractivity contribution in [2.45, 2.75) is 19.4 Å². The van der Waals surface area contributed by atoms with Gasteiger partial charge in [0.05, 0.1) is 11.1 Å². The highest BCUT2D eigenvalue weighted by molar-refractivity contribution is 6.05. The molecule has 0 aliphatic rings. The van der Waals surface area contributed by atoms with Gasteiger partial charge < -0.3 is 10.4 Å². The van der Waals surface area contributed by atoms with Gasteiger partial charge >= 0.3 is 5.97 Å². The number of aliphatic carboxylic acids is 1. The number of hydrogen-bond donors (Lipinski definition) is 2. The van der Waals surface area contributed by atoms with E-state index in [4.69, 9.17) is 5.11 Å². The molecular formula is C13H13N3O3. The zero-order valence-electron chi connectivity index (χ0n) is 10.3. The predicted octanol–water partition coefficient (Wildman–Crippen LogP) is 1.22. The Kier molecular flexibility index (Phi) is 3.70. The Morgan fingerprint density at radius 1 is 1.32 bits per heavy atom. The first-order chi connectivity index (χ1) is 9.13. The van der Waals surface area contributed by atoms with Crippen LogP contribution in [0, 0.1) is 0 Å². The second kappa shape index (κ2) is 5.43. The van der Waals surface area contributed by atoms with E-state index in [1.165, 1.54) is 12.4 Å². The molecule has 1 atom stereocenters. The zero-order chi connectivity index (χ0) is 13.8. The smallest absolute Gasteiger partial charge is 0.326 e. The Balaban J connectivity index is 2.34. The maximum Gasteiger partial charge on any atom is 0.326 e. The Morgan fingerprint density at radius 3 is 2.74 bits per heavy atom. The predicted molar refractivity (Wildman–Crippen MR) is 68.7 cm³/mol. The van der Waals surface area contributed by atoms with Gasteiger partial charge in [0, 0.05) is 12.4 Å². The molecule has 0 bridgehead atoms. The summed E-state index contributed by atoms with van der Waals surface area (Å²) in [6.07, 6.45) is 3.35. The molecule has 0 saturated carbocycles. The monoisotopic (exact) mass is 259 g/mol. The molecule has 2 rings (SSSR count). The second-order valence-corrected chi connectivity index (χ2v) is 4.00. The van der Waals surface area contributed by atoms with Crippen LogP contribution in [0.15, 0.2) is 30.6 Å². The van der Waals surface area contributed by atoms with Gasteiger partial charge in [-0.15, -0.1) is 0 Å². The molecule has 1 aromatic heterocycles. The molecule has 6 heteroatoms. The number of hydrogen-bond acceptors (Lipinski definition) is 4. The van der Waals surface area contributed by atoms with Crippen LogP contribution in [-0.4, -0.2) is 33.0 Å². The molecule has 0 aliphatic carbocycles. The fourth-order valence-corrected chi connectivity index (χ4v) is 1.75. The molecule has 0 spiro atoms. The maximum atomic E-state index is 12.1. The molecule has 19 heavy (non-hydrogen) atoms. The first-order valence-electron chi connectivity index (χ1n) is 5.87. The molecule has 2 aromatic rings. The van der Waals surface area contributed by atoms with E-state index in [0.29, 0.717) is 23.0 Å². The van der Waals surface area contributed by atoms with Gasteiger partial charge in [0.25, 0.3) is 5.91 Å². The summed E-state index contributed by atoms with van der Waals surface area (Å²) in [5.41, 5.74) is 1.38. The number of aromatic nitrogens is 2. The van der Waals surface area contributed by atoms with Crippen LogP contribution in [0.2, 0.25) is 0 Å². The van der Waals surface area contributed by atoms with Crippen LogP contribution in [-0.2, 0) is 4.79 Å². The maximum absolute atomic E-state index is 12.1. The number of carbonyl (C=O) groups excluding carboxylic acids is 1. The number of nitrogens with zero attached hydrogens (tertiary/aromatic N) is 2. The highest BCUT2D eigenvalue weighted by atomic mass is 16.4. The van der Waals surface area contributed by atoms with Crippen molar-refractivity contribution >= 4 is 22.9 Å². The average molecular weight is 259 g/mol. The third kappa shape index (κ3) is 2.67. The molecule has 0 aliphatic heterocycles. The van der Waals surface area contributed by atoms with Crippen LogP contribution in [0.3, 0.4) is 0 Å². The van der Waals surface area contributed by atoms with Crippen LogP contribution >= 0.6 is 0 Å². The standard InChI is InChI=1S/C13H13N3O3/c1-2-9(13(18)19)16-12(17)8-4-3-5-10-11(8)15-7-6-14-10/h3-7,9H,2H2,1H3,(H,16,17)(H,18,19)/t9-/m0/s1. The summed E-state index contributed by atoms with van der Waals surface area (Å²) in [6, 6.07) is 4.13. The molecule has 1 amide bonds. The number of para-hydroxylation sites is 1. The Bertz CT molecular complexity index is 622. The van der Waals surface area contributed by atoms with Crippen molar-refractivity contribution in [3.63, 3.8) is 0 Å².